The summed E-state index contributed by atoms with van der Waals surface area (Å²) in [7, 11) is -3.02. The summed E-state index contributed by atoms with van der Waals surface area (Å²) in [6.07, 6.45) is 2.03. The number of imidazole rings is 1. The number of aromatic nitrogens is 2. The molecule has 1 aliphatic rings. The Morgan fingerprint density at radius 3 is 2.84 bits per heavy atom. The largest absolute Gasteiger partial charge is 0.478 e. The van der Waals surface area contributed by atoms with Gasteiger partial charge in [-0.2, -0.15) is 0 Å². The van der Waals surface area contributed by atoms with E-state index in [9.17, 15) is 18.3 Å². The number of nitrogens with zero attached hydrogens (tertiary/aromatic N) is 2. The van der Waals surface area contributed by atoms with Crippen LogP contribution in [0.3, 0.4) is 0 Å². The van der Waals surface area contributed by atoms with Crippen molar-refractivity contribution in [3.63, 3.8) is 0 Å². The Morgan fingerprint density at radius 2 is 2.21 bits per heavy atom. The molecule has 1 unspecified atom stereocenters. The molecule has 1 atom stereocenters. The van der Waals surface area contributed by atoms with Crippen LogP contribution in [0.1, 0.15) is 22.8 Å². The van der Waals surface area contributed by atoms with Crippen molar-refractivity contribution in [1.29, 1.82) is 0 Å². The highest BCUT2D eigenvalue weighted by Crippen LogP contribution is 2.28. The SMILES string of the molecule is O=C(O)c1cccc2ncn(C3CCS(=O)(=O)C3)c12. The first kappa shape index (κ1) is 12.2. The van der Waals surface area contributed by atoms with Crippen molar-refractivity contribution >= 4 is 26.8 Å². The molecule has 1 N–H and O–H groups in total. The first-order chi connectivity index (χ1) is 8.98. The van der Waals surface area contributed by atoms with E-state index in [1.165, 1.54) is 12.4 Å². The Labute approximate surface area is 109 Å². The Bertz CT molecular complexity index is 763. The highest BCUT2D eigenvalue weighted by Gasteiger charge is 2.30. The fourth-order valence-electron chi connectivity index (χ4n) is 2.53. The molecule has 1 saturated heterocycles. The molecule has 0 amide bonds. The van der Waals surface area contributed by atoms with E-state index >= 15 is 0 Å². The second-order valence-corrected chi connectivity index (χ2v) is 6.92. The molecule has 0 spiro atoms. The molecule has 2 heterocycles. The zero-order valence-corrected chi connectivity index (χ0v) is 10.8. The number of hydrogen-bond acceptors (Lipinski definition) is 4. The number of aromatic carboxylic acids is 1. The maximum Gasteiger partial charge on any atom is 0.337 e. The number of carbonyl (C=O) groups is 1. The summed E-state index contributed by atoms with van der Waals surface area (Å²) in [6, 6.07) is 4.64. The van der Waals surface area contributed by atoms with Gasteiger partial charge in [-0.1, -0.05) is 6.07 Å². The highest BCUT2D eigenvalue weighted by molar-refractivity contribution is 7.91. The molecule has 6 nitrogen and oxygen atoms in total. The van der Waals surface area contributed by atoms with Crippen LogP contribution in [0.25, 0.3) is 11.0 Å². The van der Waals surface area contributed by atoms with E-state index in [-0.39, 0.29) is 23.1 Å². The lowest BCUT2D eigenvalue weighted by molar-refractivity contribution is 0.0698. The highest BCUT2D eigenvalue weighted by atomic mass is 32.2. The van der Waals surface area contributed by atoms with Crippen LogP contribution in [0.5, 0.6) is 0 Å². The fraction of sp³-hybridized carbons (Fsp3) is 0.333. The van der Waals surface area contributed by atoms with Crippen molar-refractivity contribution in [2.24, 2.45) is 0 Å². The van der Waals surface area contributed by atoms with Gasteiger partial charge < -0.3 is 9.67 Å². The van der Waals surface area contributed by atoms with E-state index in [0.29, 0.717) is 17.5 Å². The van der Waals surface area contributed by atoms with Crippen LogP contribution < -0.4 is 0 Å². The molecular weight excluding hydrogens is 268 g/mol. The Kier molecular flexibility index (Phi) is 2.60. The minimum Gasteiger partial charge on any atom is -0.478 e. The van der Waals surface area contributed by atoms with E-state index in [2.05, 4.69) is 4.98 Å². The van der Waals surface area contributed by atoms with Crippen molar-refractivity contribution < 1.29 is 18.3 Å². The smallest absolute Gasteiger partial charge is 0.337 e. The maximum absolute atomic E-state index is 11.5. The predicted octanol–water partition coefficient (Wildman–Crippen LogP) is 1.09. The second kappa shape index (κ2) is 4.06. The molecule has 1 aromatic carbocycles. The molecule has 0 radical (unpaired) electrons. The first-order valence-corrected chi connectivity index (χ1v) is 7.69. The van der Waals surface area contributed by atoms with E-state index in [4.69, 9.17) is 0 Å². The van der Waals surface area contributed by atoms with Crippen molar-refractivity contribution in [3.8, 4) is 0 Å². The molecular formula is C12H12N2O4S. The summed E-state index contributed by atoms with van der Waals surface area (Å²) in [6.45, 7) is 0. The number of sulfone groups is 1. The Balaban J connectivity index is 2.17. The van der Waals surface area contributed by atoms with E-state index in [1.807, 2.05) is 0 Å². The first-order valence-electron chi connectivity index (χ1n) is 5.87. The normalized spacial score (nSPS) is 21.8. The number of benzene rings is 1. The van der Waals surface area contributed by atoms with Crippen LogP contribution in [-0.2, 0) is 9.84 Å². The second-order valence-electron chi connectivity index (χ2n) is 4.69. The van der Waals surface area contributed by atoms with Crippen LogP contribution in [-0.4, -0.2) is 40.6 Å². The molecule has 100 valence electrons. The molecule has 19 heavy (non-hydrogen) atoms. The Morgan fingerprint density at radius 1 is 1.42 bits per heavy atom. The molecule has 7 heteroatoms. The van der Waals surface area contributed by atoms with Gasteiger partial charge in [-0.25, -0.2) is 18.2 Å². The third kappa shape index (κ3) is 1.99. The lowest BCUT2D eigenvalue weighted by Crippen LogP contribution is -2.11. The third-order valence-corrected chi connectivity index (χ3v) is 5.18. The molecule has 2 aromatic rings. The quantitative estimate of drug-likeness (QED) is 0.889. The standard InChI is InChI=1S/C12H12N2O4S/c15-12(16)9-2-1-3-10-11(9)14(7-13-10)8-4-5-19(17,18)6-8/h1-3,7-8H,4-6H2,(H,15,16). The van der Waals surface area contributed by atoms with Crippen LogP contribution in [0.2, 0.25) is 0 Å². The third-order valence-electron chi connectivity index (χ3n) is 3.43. The number of carboxylic acid groups (broad SMARTS) is 1. The summed E-state index contributed by atoms with van der Waals surface area (Å²) in [5.41, 5.74) is 1.22. The molecule has 0 aliphatic carbocycles. The van der Waals surface area contributed by atoms with Gasteiger partial charge in [-0.3, -0.25) is 0 Å². The zero-order chi connectivity index (χ0) is 13.6. The lowest BCUT2D eigenvalue weighted by Gasteiger charge is -2.12. The Hall–Kier alpha value is -1.89. The number of para-hydroxylation sites is 1. The van der Waals surface area contributed by atoms with Crippen LogP contribution in [0.4, 0.5) is 0 Å². The molecule has 0 bridgehead atoms. The van der Waals surface area contributed by atoms with Crippen LogP contribution in [0.15, 0.2) is 24.5 Å². The summed E-state index contributed by atoms with van der Waals surface area (Å²) in [5, 5.41) is 9.21. The molecule has 1 aliphatic heterocycles. The average Bonchev–Trinajstić information content (AvgIpc) is 2.91. The van der Waals surface area contributed by atoms with E-state index in [1.54, 1.807) is 16.7 Å². The average molecular weight is 280 g/mol. The molecule has 3 rings (SSSR count). The van der Waals surface area contributed by atoms with Gasteiger partial charge in [0.1, 0.15) is 0 Å². The number of rotatable bonds is 2. The van der Waals surface area contributed by atoms with Gasteiger partial charge >= 0.3 is 5.97 Å². The topological polar surface area (TPSA) is 89.3 Å². The summed E-state index contributed by atoms with van der Waals surface area (Å²) in [4.78, 5) is 15.4. The van der Waals surface area contributed by atoms with Gasteiger partial charge in [0.15, 0.2) is 9.84 Å². The maximum atomic E-state index is 11.5. The minimum absolute atomic E-state index is 0.0480. The van der Waals surface area contributed by atoms with Crippen molar-refractivity contribution in [3.05, 3.63) is 30.1 Å². The lowest BCUT2D eigenvalue weighted by atomic mass is 10.1. The molecule has 1 fully saturated rings. The van der Waals surface area contributed by atoms with E-state index in [0.717, 1.165) is 0 Å². The summed E-state index contributed by atoms with van der Waals surface area (Å²) < 4.78 is 24.8. The van der Waals surface area contributed by atoms with Crippen molar-refractivity contribution in [2.75, 3.05) is 11.5 Å². The van der Waals surface area contributed by atoms with Gasteiger partial charge in [0.2, 0.25) is 0 Å². The van der Waals surface area contributed by atoms with E-state index < -0.39 is 15.8 Å². The van der Waals surface area contributed by atoms with Crippen LogP contribution >= 0.6 is 0 Å². The van der Waals surface area contributed by atoms with Crippen molar-refractivity contribution in [1.82, 2.24) is 9.55 Å². The number of hydrogen-bond donors (Lipinski definition) is 1. The molecule has 1 aromatic heterocycles. The minimum atomic E-state index is -3.02. The van der Waals surface area contributed by atoms with Crippen molar-refractivity contribution in [2.45, 2.75) is 12.5 Å². The zero-order valence-electron chi connectivity index (χ0n) is 9.98. The number of carboxylic acids is 1. The van der Waals surface area contributed by atoms with Gasteiger partial charge in [-0.15, -0.1) is 0 Å². The van der Waals surface area contributed by atoms with Gasteiger partial charge in [0.25, 0.3) is 0 Å². The monoisotopic (exact) mass is 280 g/mol. The number of fused-ring (bicyclic) bond motifs is 1. The van der Waals surface area contributed by atoms with Gasteiger partial charge in [0.05, 0.1) is 40.5 Å². The van der Waals surface area contributed by atoms with Gasteiger partial charge in [0, 0.05) is 0 Å². The van der Waals surface area contributed by atoms with Crippen LogP contribution in [0, 0.1) is 0 Å². The fourth-order valence-corrected chi connectivity index (χ4v) is 4.24. The predicted molar refractivity (Wildman–Crippen MR) is 69.0 cm³/mol. The molecule has 0 saturated carbocycles. The van der Waals surface area contributed by atoms with Gasteiger partial charge in [-0.05, 0) is 18.6 Å². The summed E-state index contributed by atoms with van der Waals surface area (Å²) in [5.74, 6) is -0.841. The summed E-state index contributed by atoms with van der Waals surface area (Å²) >= 11 is 0.